The number of rotatable bonds is 5. The molecule has 0 saturated carbocycles. The highest BCUT2D eigenvalue weighted by Gasteiger charge is 2.02. The van der Waals surface area contributed by atoms with Crippen molar-refractivity contribution in [2.45, 2.75) is 13.3 Å². The number of anilines is 3. The van der Waals surface area contributed by atoms with Gasteiger partial charge in [-0.3, -0.25) is 4.98 Å². The van der Waals surface area contributed by atoms with Gasteiger partial charge in [0.15, 0.2) is 0 Å². The van der Waals surface area contributed by atoms with E-state index in [1.165, 1.54) is 0 Å². The third-order valence-electron chi connectivity index (χ3n) is 3.25. The van der Waals surface area contributed by atoms with Gasteiger partial charge in [0.2, 0.25) is 0 Å². The van der Waals surface area contributed by atoms with E-state index >= 15 is 0 Å². The largest absolute Gasteiger partial charge is 0.370 e. The highest BCUT2D eigenvalue weighted by Crippen LogP contribution is 2.25. The molecule has 0 radical (unpaired) electrons. The third kappa shape index (κ3) is 3.11. The van der Waals surface area contributed by atoms with E-state index in [0.717, 1.165) is 41.1 Å². The minimum absolute atomic E-state index is 0.826. The Morgan fingerprint density at radius 2 is 1.86 bits per heavy atom. The normalized spacial score (nSPS) is 10.5. The molecule has 3 rings (SSSR count). The zero-order chi connectivity index (χ0) is 14.5. The average molecular weight is 278 g/mol. The van der Waals surface area contributed by atoms with Crippen LogP contribution in [0.4, 0.5) is 17.3 Å². The monoisotopic (exact) mass is 278 g/mol. The van der Waals surface area contributed by atoms with Crippen LogP contribution >= 0.6 is 0 Å². The molecule has 2 heterocycles. The molecule has 4 nitrogen and oxygen atoms in total. The Morgan fingerprint density at radius 3 is 2.76 bits per heavy atom. The molecular formula is C17H18N4. The second-order valence-electron chi connectivity index (χ2n) is 4.86. The summed E-state index contributed by atoms with van der Waals surface area (Å²) >= 11 is 0. The SMILES string of the molecule is CCCNc1cccc(Nc2cccc3ccncc23)n1. The van der Waals surface area contributed by atoms with E-state index in [4.69, 9.17) is 0 Å². The van der Waals surface area contributed by atoms with Crippen LogP contribution in [0.1, 0.15) is 13.3 Å². The maximum absolute atomic E-state index is 4.57. The van der Waals surface area contributed by atoms with E-state index in [1.807, 2.05) is 42.6 Å². The minimum Gasteiger partial charge on any atom is -0.370 e. The summed E-state index contributed by atoms with van der Waals surface area (Å²) in [5.41, 5.74) is 1.01. The lowest BCUT2D eigenvalue weighted by Gasteiger charge is -2.10. The number of fused-ring (bicyclic) bond motifs is 1. The topological polar surface area (TPSA) is 49.8 Å². The van der Waals surface area contributed by atoms with Gasteiger partial charge in [0.05, 0.1) is 0 Å². The molecule has 0 aliphatic heterocycles. The zero-order valence-electron chi connectivity index (χ0n) is 12.0. The van der Waals surface area contributed by atoms with Crippen LogP contribution in [0.15, 0.2) is 54.9 Å². The van der Waals surface area contributed by atoms with E-state index in [9.17, 15) is 0 Å². The first-order valence-electron chi connectivity index (χ1n) is 7.17. The highest BCUT2D eigenvalue weighted by molar-refractivity contribution is 5.94. The number of nitrogens with zero attached hydrogens (tertiary/aromatic N) is 2. The first-order chi connectivity index (χ1) is 10.4. The van der Waals surface area contributed by atoms with Gasteiger partial charge in [0.1, 0.15) is 11.6 Å². The van der Waals surface area contributed by atoms with Crippen molar-refractivity contribution >= 4 is 28.1 Å². The molecule has 0 aliphatic rings. The van der Waals surface area contributed by atoms with E-state index in [2.05, 4.69) is 33.6 Å². The summed E-state index contributed by atoms with van der Waals surface area (Å²) in [6, 6.07) is 14.1. The van der Waals surface area contributed by atoms with Crippen LogP contribution in [0.2, 0.25) is 0 Å². The van der Waals surface area contributed by atoms with Crippen molar-refractivity contribution in [1.29, 1.82) is 0 Å². The van der Waals surface area contributed by atoms with Gasteiger partial charge in [0.25, 0.3) is 0 Å². The van der Waals surface area contributed by atoms with Gasteiger partial charge < -0.3 is 10.6 Å². The number of hydrogen-bond donors (Lipinski definition) is 2. The summed E-state index contributed by atoms with van der Waals surface area (Å²) in [6.45, 7) is 3.06. The van der Waals surface area contributed by atoms with Gasteiger partial charge in [-0.25, -0.2) is 4.98 Å². The Labute approximate surface area is 124 Å². The molecule has 0 spiro atoms. The molecule has 0 atom stereocenters. The molecule has 1 aromatic carbocycles. The van der Waals surface area contributed by atoms with Crippen molar-refractivity contribution in [1.82, 2.24) is 9.97 Å². The molecule has 0 unspecified atom stereocenters. The van der Waals surface area contributed by atoms with Crippen LogP contribution in [0.3, 0.4) is 0 Å². The van der Waals surface area contributed by atoms with Crippen molar-refractivity contribution in [3.8, 4) is 0 Å². The smallest absolute Gasteiger partial charge is 0.132 e. The maximum Gasteiger partial charge on any atom is 0.132 e. The van der Waals surface area contributed by atoms with Crippen molar-refractivity contribution in [3.63, 3.8) is 0 Å². The molecule has 0 saturated heterocycles. The Morgan fingerprint density at radius 1 is 1.00 bits per heavy atom. The molecule has 0 fully saturated rings. The fraction of sp³-hybridized carbons (Fsp3) is 0.176. The molecule has 106 valence electrons. The van der Waals surface area contributed by atoms with Crippen LogP contribution in [-0.2, 0) is 0 Å². The first kappa shape index (κ1) is 13.4. The van der Waals surface area contributed by atoms with Crippen LogP contribution in [-0.4, -0.2) is 16.5 Å². The molecule has 21 heavy (non-hydrogen) atoms. The lowest BCUT2D eigenvalue weighted by molar-refractivity contribution is 0.970. The van der Waals surface area contributed by atoms with Gasteiger partial charge in [-0.1, -0.05) is 25.1 Å². The van der Waals surface area contributed by atoms with Gasteiger partial charge in [-0.15, -0.1) is 0 Å². The van der Waals surface area contributed by atoms with E-state index < -0.39 is 0 Å². The van der Waals surface area contributed by atoms with Gasteiger partial charge >= 0.3 is 0 Å². The summed E-state index contributed by atoms with van der Waals surface area (Å²) in [7, 11) is 0. The van der Waals surface area contributed by atoms with Gasteiger partial charge in [0, 0.05) is 30.0 Å². The Hall–Kier alpha value is -2.62. The number of benzene rings is 1. The molecule has 4 heteroatoms. The van der Waals surface area contributed by atoms with Crippen LogP contribution < -0.4 is 10.6 Å². The fourth-order valence-corrected chi connectivity index (χ4v) is 2.22. The minimum atomic E-state index is 0.826. The van der Waals surface area contributed by atoms with Crippen molar-refractivity contribution in [2.75, 3.05) is 17.2 Å². The lowest BCUT2D eigenvalue weighted by Crippen LogP contribution is -2.03. The number of aromatic nitrogens is 2. The summed E-state index contributed by atoms with van der Waals surface area (Å²) in [4.78, 5) is 8.77. The van der Waals surface area contributed by atoms with E-state index in [0.29, 0.717) is 0 Å². The van der Waals surface area contributed by atoms with Crippen LogP contribution in [0.5, 0.6) is 0 Å². The predicted octanol–water partition coefficient (Wildman–Crippen LogP) is 4.20. The van der Waals surface area contributed by atoms with Gasteiger partial charge in [-0.05, 0) is 36.1 Å². The van der Waals surface area contributed by atoms with Crippen LogP contribution in [0.25, 0.3) is 10.8 Å². The third-order valence-corrected chi connectivity index (χ3v) is 3.25. The molecular weight excluding hydrogens is 260 g/mol. The van der Waals surface area contributed by atoms with Crippen molar-refractivity contribution in [2.24, 2.45) is 0 Å². The second-order valence-corrected chi connectivity index (χ2v) is 4.86. The first-order valence-corrected chi connectivity index (χ1v) is 7.17. The Bertz CT molecular complexity index is 734. The summed E-state index contributed by atoms with van der Waals surface area (Å²) in [5.74, 6) is 1.72. The number of nitrogens with one attached hydrogen (secondary N) is 2. The van der Waals surface area contributed by atoms with Gasteiger partial charge in [-0.2, -0.15) is 0 Å². The molecule has 0 bridgehead atoms. The number of hydrogen-bond acceptors (Lipinski definition) is 4. The van der Waals surface area contributed by atoms with E-state index in [1.54, 1.807) is 6.20 Å². The molecule has 0 aliphatic carbocycles. The van der Waals surface area contributed by atoms with Crippen LogP contribution in [0, 0.1) is 0 Å². The lowest BCUT2D eigenvalue weighted by atomic mass is 10.1. The average Bonchev–Trinajstić information content (AvgIpc) is 2.54. The molecule has 2 aromatic heterocycles. The van der Waals surface area contributed by atoms with Crippen molar-refractivity contribution < 1.29 is 0 Å². The summed E-state index contributed by atoms with van der Waals surface area (Å²) in [6.07, 6.45) is 4.75. The molecule has 0 amide bonds. The second kappa shape index (κ2) is 6.22. The van der Waals surface area contributed by atoms with E-state index in [-0.39, 0.29) is 0 Å². The quantitative estimate of drug-likeness (QED) is 0.734. The zero-order valence-corrected chi connectivity index (χ0v) is 12.0. The number of pyridine rings is 2. The molecule has 3 aromatic rings. The Kier molecular flexibility index (Phi) is 3.96. The van der Waals surface area contributed by atoms with Crippen molar-refractivity contribution in [3.05, 3.63) is 54.9 Å². The standard InChI is InChI=1S/C17H18N4/c1-2-10-19-16-7-4-8-17(21-16)20-15-6-3-5-13-9-11-18-12-14(13)15/h3-9,11-12H,2,10H2,1H3,(H2,19,20,21). The predicted molar refractivity (Wildman–Crippen MR) is 88.0 cm³/mol. The fourth-order valence-electron chi connectivity index (χ4n) is 2.22. The summed E-state index contributed by atoms with van der Waals surface area (Å²) in [5, 5.41) is 8.92. The molecule has 2 N–H and O–H groups in total. The Balaban J connectivity index is 1.88. The highest BCUT2D eigenvalue weighted by atomic mass is 15.1. The summed E-state index contributed by atoms with van der Waals surface area (Å²) < 4.78 is 0. The maximum atomic E-state index is 4.57.